The molecular formula is C18H22N4. The predicted molar refractivity (Wildman–Crippen MR) is 90.8 cm³/mol. The van der Waals surface area contributed by atoms with Crippen LogP contribution in [-0.2, 0) is 11.8 Å². The Morgan fingerprint density at radius 3 is 2.77 bits per heavy atom. The number of aromatic amines is 1. The number of aromatic nitrogens is 3. The number of fused-ring (bicyclic) bond motifs is 1. The van der Waals surface area contributed by atoms with Gasteiger partial charge in [-0.25, -0.2) is 4.98 Å². The van der Waals surface area contributed by atoms with Gasteiger partial charge in [-0.3, -0.25) is 5.10 Å². The summed E-state index contributed by atoms with van der Waals surface area (Å²) < 4.78 is 0. The van der Waals surface area contributed by atoms with Crippen LogP contribution in [-0.4, -0.2) is 21.7 Å². The van der Waals surface area contributed by atoms with E-state index in [0.717, 1.165) is 23.0 Å². The minimum absolute atomic E-state index is 0.0392. The van der Waals surface area contributed by atoms with Gasteiger partial charge in [0.25, 0.3) is 0 Å². The molecule has 22 heavy (non-hydrogen) atoms. The van der Waals surface area contributed by atoms with E-state index < -0.39 is 0 Å². The number of nitrogens with zero attached hydrogens (tertiary/aromatic N) is 2. The van der Waals surface area contributed by atoms with E-state index in [4.69, 9.17) is 5.73 Å². The molecule has 114 valence electrons. The van der Waals surface area contributed by atoms with Crippen LogP contribution in [0.25, 0.3) is 22.2 Å². The van der Waals surface area contributed by atoms with Gasteiger partial charge in [-0.05, 0) is 34.7 Å². The van der Waals surface area contributed by atoms with E-state index in [-0.39, 0.29) is 5.41 Å². The maximum absolute atomic E-state index is 5.97. The Labute approximate surface area is 130 Å². The highest BCUT2D eigenvalue weighted by Crippen LogP contribution is 2.32. The molecule has 3 aromatic rings. The highest BCUT2D eigenvalue weighted by atomic mass is 15.1. The second kappa shape index (κ2) is 5.54. The maximum Gasteiger partial charge on any atom is 0.155 e. The number of H-pyrrole nitrogens is 1. The molecule has 0 spiro atoms. The van der Waals surface area contributed by atoms with E-state index >= 15 is 0 Å². The van der Waals surface area contributed by atoms with Crippen LogP contribution in [0.3, 0.4) is 0 Å². The minimum atomic E-state index is -0.0392. The van der Waals surface area contributed by atoms with Gasteiger partial charge in [0, 0.05) is 23.5 Å². The summed E-state index contributed by atoms with van der Waals surface area (Å²) in [4.78, 5) is 4.32. The number of hydrogen-bond acceptors (Lipinski definition) is 3. The summed E-state index contributed by atoms with van der Waals surface area (Å²) in [5.41, 5.74) is 11.7. The fraction of sp³-hybridized carbons (Fsp3) is 0.333. The number of hydrogen-bond donors (Lipinski definition) is 2. The number of nitrogens with two attached hydrogens (primary N) is 1. The molecule has 2 aromatic heterocycles. The van der Waals surface area contributed by atoms with Gasteiger partial charge in [0.05, 0.1) is 6.20 Å². The Bertz CT molecular complexity index is 802. The van der Waals surface area contributed by atoms with Crippen molar-refractivity contribution in [2.45, 2.75) is 32.6 Å². The van der Waals surface area contributed by atoms with Gasteiger partial charge >= 0.3 is 0 Å². The summed E-state index contributed by atoms with van der Waals surface area (Å²) in [5, 5.41) is 8.09. The SMILES string of the molecule is CCc1cc(-c2ccnc3[nH]ncc23)cc(C(C)(C)CN)c1. The third kappa shape index (κ3) is 2.50. The first-order valence-corrected chi connectivity index (χ1v) is 7.68. The summed E-state index contributed by atoms with van der Waals surface area (Å²) >= 11 is 0. The van der Waals surface area contributed by atoms with Crippen molar-refractivity contribution >= 4 is 11.0 Å². The second-order valence-electron chi connectivity index (χ2n) is 6.35. The van der Waals surface area contributed by atoms with Crippen molar-refractivity contribution in [1.29, 1.82) is 0 Å². The van der Waals surface area contributed by atoms with Gasteiger partial charge in [-0.15, -0.1) is 0 Å². The largest absolute Gasteiger partial charge is 0.330 e. The average molecular weight is 294 g/mol. The molecule has 1 aromatic carbocycles. The zero-order chi connectivity index (χ0) is 15.7. The van der Waals surface area contributed by atoms with Gasteiger partial charge < -0.3 is 5.73 Å². The fourth-order valence-electron chi connectivity index (χ4n) is 2.66. The minimum Gasteiger partial charge on any atom is -0.330 e. The highest BCUT2D eigenvalue weighted by molar-refractivity contribution is 5.92. The summed E-state index contributed by atoms with van der Waals surface area (Å²) in [6.45, 7) is 7.17. The van der Waals surface area contributed by atoms with Crippen molar-refractivity contribution in [2.24, 2.45) is 5.73 Å². The molecule has 0 unspecified atom stereocenters. The summed E-state index contributed by atoms with van der Waals surface area (Å²) in [6.07, 6.45) is 4.66. The van der Waals surface area contributed by atoms with Gasteiger partial charge in [0.2, 0.25) is 0 Å². The van der Waals surface area contributed by atoms with Crippen LogP contribution in [0.2, 0.25) is 0 Å². The van der Waals surface area contributed by atoms with Crippen LogP contribution in [0.4, 0.5) is 0 Å². The lowest BCUT2D eigenvalue weighted by Crippen LogP contribution is -2.28. The molecule has 3 rings (SSSR count). The van der Waals surface area contributed by atoms with Crippen LogP contribution in [0.1, 0.15) is 31.9 Å². The molecule has 3 N–H and O–H groups in total. The van der Waals surface area contributed by atoms with Crippen molar-refractivity contribution in [3.8, 4) is 11.1 Å². The number of pyridine rings is 1. The van der Waals surface area contributed by atoms with Gasteiger partial charge in [0.15, 0.2) is 5.65 Å². The standard InChI is InChI=1S/C18H22N4/c1-4-12-7-13(9-14(8-12)18(2,3)11-19)15-5-6-20-17-16(15)10-21-22-17/h5-10H,4,11,19H2,1-3H3,(H,20,21,22). The molecule has 0 saturated carbocycles. The van der Waals surface area contributed by atoms with Crippen molar-refractivity contribution in [3.05, 3.63) is 47.8 Å². The maximum atomic E-state index is 5.97. The van der Waals surface area contributed by atoms with Crippen molar-refractivity contribution < 1.29 is 0 Å². The highest BCUT2D eigenvalue weighted by Gasteiger charge is 2.20. The Morgan fingerprint density at radius 1 is 1.23 bits per heavy atom. The zero-order valence-corrected chi connectivity index (χ0v) is 13.4. The first kappa shape index (κ1) is 14.7. The predicted octanol–water partition coefficient (Wildman–Crippen LogP) is 3.42. The Kier molecular flexibility index (Phi) is 3.71. The Hall–Kier alpha value is -2.20. The molecule has 0 atom stereocenters. The van der Waals surface area contributed by atoms with Crippen LogP contribution < -0.4 is 5.73 Å². The van der Waals surface area contributed by atoms with Crippen LogP contribution in [0.5, 0.6) is 0 Å². The zero-order valence-electron chi connectivity index (χ0n) is 13.4. The molecule has 0 amide bonds. The summed E-state index contributed by atoms with van der Waals surface area (Å²) in [7, 11) is 0. The molecule has 0 saturated heterocycles. The van der Waals surface area contributed by atoms with E-state index in [1.165, 1.54) is 16.7 Å². The third-order valence-electron chi connectivity index (χ3n) is 4.36. The van der Waals surface area contributed by atoms with Crippen LogP contribution in [0, 0.1) is 0 Å². The monoisotopic (exact) mass is 294 g/mol. The fourth-order valence-corrected chi connectivity index (χ4v) is 2.66. The molecule has 2 heterocycles. The van der Waals surface area contributed by atoms with E-state index in [1.54, 1.807) is 0 Å². The van der Waals surface area contributed by atoms with Gasteiger partial charge in [0.1, 0.15) is 0 Å². The Morgan fingerprint density at radius 2 is 2.05 bits per heavy atom. The number of benzene rings is 1. The molecule has 0 aliphatic rings. The van der Waals surface area contributed by atoms with E-state index in [2.05, 4.69) is 54.2 Å². The lowest BCUT2D eigenvalue weighted by atomic mass is 9.82. The van der Waals surface area contributed by atoms with E-state index in [9.17, 15) is 0 Å². The van der Waals surface area contributed by atoms with Crippen molar-refractivity contribution in [1.82, 2.24) is 15.2 Å². The molecule has 0 aliphatic heterocycles. The lowest BCUT2D eigenvalue weighted by molar-refractivity contribution is 0.538. The first-order valence-electron chi connectivity index (χ1n) is 7.68. The van der Waals surface area contributed by atoms with E-state index in [0.29, 0.717) is 6.54 Å². The molecule has 0 aliphatic carbocycles. The normalized spacial score (nSPS) is 12.0. The van der Waals surface area contributed by atoms with Gasteiger partial charge in [-0.1, -0.05) is 39.0 Å². The molecule has 0 fully saturated rings. The lowest BCUT2D eigenvalue weighted by Gasteiger charge is -2.25. The van der Waals surface area contributed by atoms with E-state index in [1.807, 2.05) is 18.5 Å². The van der Waals surface area contributed by atoms with Crippen LogP contribution >= 0.6 is 0 Å². The summed E-state index contributed by atoms with van der Waals surface area (Å²) in [5.74, 6) is 0. The first-order chi connectivity index (χ1) is 10.5. The van der Waals surface area contributed by atoms with Crippen LogP contribution in [0.15, 0.2) is 36.7 Å². The number of rotatable bonds is 4. The topological polar surface area (TPSA) is 67.6 Å². The number of aryl methyl sites for hydroxylation is 1. The van der Waals surface area contributed by atoms with Crippen molar-refractivity contribution in [2.75, 3.05) is 6.54 Å². The molecule has 4 nitrogen and oxygen atoms in total. The molecule has 0 radical (unpaired) electrons. The average Bonchev–Trinajstić information content (AvgIpc) is 3.02. The second-order valence-corrected chi connectivity index (χ2v) is 6.35. The molecule has 0 bridgehead atoms. The summed E-state index contributed by atoms with van der Waals surface area (Å²) in [6, 6.07) is 8.81. The van der Waals surface area contributed by atoms with Gasteiger partial charge in [-0.2, -0.15) is 5.10 Å². The quantitative estimate of drug-likeness (QED) is 0.774. The smallest absolute Gasteiger partial charge is 0.155 e. The third-order valence-corrected chi connectivity index (χ3v) is 4.36. The van der Waals surface area contributed by atoms with Crippen molar-refractivity contribution in [3.63, 3.8) is 0 Å². The molecule has 4 heteroatoms. The number of nitrogens with one attached hydrogen (secondary N) is 1. The Balaban J connectivity index is 2.22. The molecular weight excluding hydrogens is 272 g/mol.